The maximum atomic E-state index is 10.9. The molecule has 0 saturated heterocycles. The molecule has 0 spiro atoms. The van der Waals surface area contributed by atoms with Crippen molar-refractivity contribution >= 4 is 16.9 Å². The molecular formula is C12H14N2O3. The minimum Gasteiger partial charge on any atom is -0.480 e. The Bertz CT molecular complexity index is 535. The topological polar surface area (TPSA) is 88.5 Å². The highest BCUT2D eigenvalue weighted by Crippen LogP contribution is 2.27. The first-order valence-electron chi connectivity index (χ1n) is 5.27. The third kappa shape index (κ3) is 2.02. The highest BCUT2D eigenvalue weighted by Gasteiger charge is 2.27. The number of hydrogen-bond acceptors (Lipinski definition) is 4. The SMILES string of the molecule is CNC(c1coc2ccccc12)C(N)C(=O)O. The highest BCUT2D eigenvalue weighted by molar-refractivity contribution is 5.83. The fraction of sp³-hybridized carbons (Fsp3) is 0.250. The molecule has 17 heavy (non-hydrogen) atoms. The number of aliphatic carboxylic acids is 1. The summed E-state index contributed by atoms with van der Waals surface area (Å²) in [5.74, 6) is -1.05. The Labute approximate surface area is 98.2 Å². The van der Waals surface area contributed by atoms with Crippen LogP contribution in [0.2, 0.25) is 0 Å². The molecule has 2 atom stereocenters. The van der Waals surface area contributed by atoms with Gasteiger partial charge in [0.25, 0.3) is 0 Å². The molecule has 90 valence electrons. The molecule has 1 heterocycles. The van der Waals surface area contributed by atoms with Crippen molar-refractivity contribution in [1.82, 2.24) is 5.32 Å². The first-order valence-corrected chi connectivity index (χ1v) is 5.27. The molecule has 4 N–H and O–H groups in total. The summed E-state index contributed by atoms with van der Waals surface area (Å²) < 4.78 is 5.37. The quantitative estimate of drug-likeness (QED) is 0.737. The van der Waals surface area contributed by atoms with Gasteiger partial charge in [-0.3, -0.25) is 4.79 Å². The van der Waals surface area contributed by atoms with E-state index in [1.807, 2.05) is 24.3 Å². The fourth-order valence-corrected chi connectivity index (χ4v) is 1.91. The van der Waals surface area contributed by atoms with Crippen molar-refractivity contribution in [2.75, 3.05) is 7.05 Å². The predicted molar refractivity (Wildman–Crippen MR) is 63.6 cm³/mol. The van der Waals surface area contributed by atoms with Crippen LogP contribution in [0.3, 0.4) is 0 Å². The zero-order valence-electron chi connectivity index (χ0n) is 9.38. The predicted octanol–water partition coefficient (Wildman–Crippen LogP) is 1.11. The lowest BCUT2D eigenvalue weighted by atomic mass is 9.99. The lowest BCUT2D eigenvalue weighted by Gasteiger charge is -2.19. The van der Waals surface area contributed by atoms with Gasteiger partial charge in [-0.05, 0) is 13.1 Å². The van der Waals surface area contributed by atoms with Gasteiger partial charge in [-0.1, -0.05) is 18.2 Å². The van der Waals surface area contributed by atoms with E-state index in [4.69, 9.17) is 15.3 Å². The molecule has 2 unspecified atom stereocenters. The molecule has 0 bridgehead atoms. The number of carboxylic acid groups (broad SMARTS) is 1. The van der Waals surface area contributed by atoms with Crippen LogP contribution in [0, 0.1) is 0 Å². The smallest absolute Gasteiger partial charge is 0.322 e. The normalized spacial score (nSPS) is 14.7. The van der Waals surface area contributed by atoms with E-state index in [0.717, 1.165) is 16.5 Å². The van der Waals surface area contributed by atoms with Crippen molar-refractivity contribution in [2.45, 2.75) is 12.1 Å². The van der Waals surface area contributed by atoms with E-state index in [1.165, 1.54) is 0 Å². The van der Waals surface area contributed by atoms with E-state index in [1.54, 1.807) is 13.3 Å². The van der Waals surface area contributed by atoms with Crippen molar-refractivity contribution < 1.29 is 14.3 Å². The van der Waals surface area contributed by atoms with Crippen LogP contribution in [0.4, 0.5) is 0 Å². The second-order valence-corrected chi connectivity index (χ2v) is 3.82. The van der Waals surface area contributed by atoms with Crippen LogP contribution in [0.15, 0.2) is 34.9 Å². The maximum Gasteiger partial charge on any atom is 0.322 e. The average Bonchev–Trinajstić information content (AvgIpc) is 2.74. The fourth-order valence-electron chi connectivity index (χ4n) is 1.91. The van der Waals surface area contributed by atoms with Gasteiger partial charge in [0.05, 0.1) is 12.3 Å². The van der Waals surface area contributed by atoms with Crippen molar-refractivity contribution in [3.63, 3.8) is 0 Å². The third-order valence-corrected chi connectivity index (χ3v) is 2.80. The van der Waals surface area contributed by atoms with E-state index < -0.39 is 18.1 Å². The standard InChI is InChI=1S/C12H14N2O3/c1-14-11(10(13)12(15)16)8-6-17-9-5-3-2-4-7(8)9/h2-6,10-11,14H,13H2,1H3,(H,15,16). The number of nitrogens with two attached hydrogens (primary N) is 1. The van der Waals surface area contributed by atoms with Crippen LogP contribution in [0.25, 0.3) is 11.0 Å². The average molecular weight is 234 g/mol. The molecule has 0 aliphatic heterocycles. The molecule has 0 aliphatic carbocycles. The summed E-state index contributed by atoms with van der Waals surface area (Å²) in [6.07, 6.45) is 1.55. The van der Waals surface area contributed by atoms with Crippen LogP contribution in [-0.2, 0) is 4.79 Å². The molecule has 0 amide bonds. The van der Waals surface area contributed by atoms with Gasteiger partial charge in [-0.2, -0.15) is 0 Å². The molecular weight excluding hydrogens is 220 g/mol. The summed E-state index contributed by atoms with van der Waals surface area (Å²) in [6, 6.07) is 5.96. The van der Waals surface area contributed by atoms with Gasteiger partial charge >= 0.3 is 5.97 Å². The largest absolute Gasteiger partial charge is 0.480 e. The minimum absolute atomic E-state index is 0.476. The molecule has 2 aromatic rings. The van der Waals surface area contributed by atoms with E-state index in [-0.39, 0.29) is 0 Å². The van der Waals surface area contributed by atoms with E-state index in [2.05, 4.69) is 5.32 Å². The Balaban J connectivity index is 2.47. The van der Waals surface area contributed by atoms with Gasteiger partial charge in [0.15, 0.2) is 0 Å². The van der Waals surface area contributed by atoms with Crippen molar-refractivity contribution in [3.8, 4) is 0 Å². The molecule has 0 fully saturated rings. The van der Waals surface area contributed by atoms with Crippen LogP contribution in [0.5, 0.6) is 0 Å². The first kappa shape index (κ1) is 11.6. The number of carboxylic acids is 1. The van der Waals surface area contributed by atoms with Crippen LogP contribution >= 0.6 is 0 Å². The number of carbonyl (C=O) groups is 1. The Morgan fingerprint density at radius 1 is 1.47 bits per heavy atom. The molecule has 0 aliphatic rings. The number of hydrogen-bond donors (Lipinski definition) is 3. The maximum absolute atomic E-state index is 10.9. The summed E-state index contributed by atoms with van der Waals surface area (Å²) in [6.45, 7) is 0. The Morgan fingerprint density at radius 2 is 2.18 bits per heavy atom. The Morgan fingerprint density at radius 3 is 2.82 bits per heavy atom. The molecule has 1 aromatic carbocycles. The third-order valence-electron chi connectivity index (χ3n) is 2.80. The van der Waals surface area contributed by atoms with E-state index in [9.17, 15) is 4.79 Å². The summed E-state index contributed by atoms with van der Waals surface area (Å²) in [7, 11) is 1.68. The van der Waals surface area contributed by atoms with Crippen LogP contribution in [-0.4, -0.2) is 24.2 Å². The van der Waals surface area contributed by atoms with Gasteiger partial charge in [-0.15, -0.1) is 0 Å². The Hall–Kier alpha value is -1.85. The van der Waals surface area contributed by atoms with Gasteiger partial charge in [-0.25, -0.2) is 0 Å². The van der Waals surface area contributed by atoms with E-state index >= 15 is 0 Å². The van der Waals surface area contributed by atoms with Gasteiger partial charge in [0.1, 0.15) is 11.6 Å². The molecule has 5 nitrogen and oxygen atoms in total. The van der Waals surface area contributed by atoms with Crippen molar-refractivity contribution in [1.29, 1.82) is 0 Å². The second kappa shape index (κ2) is 4.57. The zero-order valence-corrected chi connectivity index (χ0v) is 9.38. The number of rotatable bonds is 4. The van der Waals surface area contributed by atoms with Crippen LogP contribution in [0.1, 0.15) is 11.6 Å². The lowest BCUT2D eigenvalue weighted by Crippen LogP contribution is -2.42. The highest BCUT2D eigenvalue weighted by atomic mass is 16.4. The number of nitrogens with one attached hydrogen (secondary N) is 1. The summed E-state index contributed by atoms with van der Waals surface area (Å²) >= 11 is 0. The monoisotopic (exact) mass is 234 g/mol. The van der Waals surface area contributed by atoms with E-state index in [0.29, 0.717) is 0 Å². The molecule has 0 radical (unpaired) electrons. The number of para-hydroxylation sites is 1. The molecule has 2 rings (SSSR count). The van der Waals surface area contributed by atoms with Crippen molar-refractivity contribution in [3.05, 3.63) is 36.1 Å². The number of furan rings is 1. The van der Waals surface area contributed by atoms with Crippen LogP contribution < -0.4 is 11.1 Å². The first-order chi connectivity index (χ1) is 8.15. The Kier molecular flexibility index (Phi) is 3.12. The van der Waals surface area contributed by atoms with Gasteiger partial charge < -0.3 is 20.6 Å². The summed E-state index contributed by atoms with van der Waals surface area (Å²) in [5.41, 5.74) is 7.13. The van der Waals surface area contributed by atoms with Gasteiger partial charge in [0.2, 0.25) is 0 Å². The summed E-state index contributed by atoms with van der Waals surface area (Å²) in [4.78, 5) is 10.9. The molecule has 1 aromatic heterocycles. The summed E-state index contributed by atoms with van der Waals surface area (Å²) in [5, 5.41) is 12.7. The van der Waals surface area contributed by atoms with Gasteiger partial charge in [0, 0.05) is 10.9 Å². The number of fused-ring (bicyclic) bond motifs is 1. The number of benzene rings is 1. The number of likely N-dealkylation sites (N-methyl/N-ethyl adjacent to an activating group) is 1. The lowest BCUT2D eigenvalue weighted by molar-refractivity contribution is -0.139. The zero-order chi connectivity index (χ0) is 12.4. The molecule has 5 heteroatoms. The molecule has 0 saturated carbocycles. The minimum atomic E-state index is -1.05. The second-order valence-electron chi connectivity index (χ2n) is 3.82. The van der Waals surface area contributed by atoms with Crippen molar-refractivity contribution in [2.24, 2.45) is 5.73 Å².